The summed E-state index contributed by atoms with van der Waals surface area (Å²) in [6, 6.07) is 1.75. The van der Waals surface area contributed by atoms with Gasteiger partial charge in [-0.05, 0) is 25.2 Å². The zero-order chi connectivity index (χ0) is 14.4. The fourth-order valence-electron chi connectivity index (χ4n) is 1.90. The molecule has 1 aliphatic rings. The minimum atomic E-state index is 0.0985. The van der Waals surface area contributed by atoms with Crippen molar-refractivity contribution in [3.05, 3.63) is 18.2 Å². The fraction of sp³-hybridized carbons (Fsp3) is 0.462. The van der Waals surface area contributed by atoms with Crippen molar-refractivity contribution >= 4 is 35.2 Å². The lowest BCUT2D eigenvalue weighted by Gasteiger charge is -2.11. The third-order valence-corrected chi connectivity index (χ3v) is 4.33. The maximum Gasteiger partial charge on any atom is 0.246 e. The Labute approximate surface area is 127 Å². The largest absolute Gasteiger partial charge is 0.384 e. The van der Waals surface area contributed by atoms with Crippen LogP contribution in [-0.4, -0.2) is 45.9 Å². The minimum absolute atomic E-state index is 0.0985. The first-order valence-electron chi connectivity index (χ1n) is 6.46. The van der Waals surface area contributed by atoms with Crippen LogP contribution in [0.25, 0.3) is 0 Å². The van der Waals surface area contributed by atoms with E-state index in [1.54, 1.807) is 12.1 Å². The summed E-state index contributed by atoms with van der Waals surface area (Å²) in [5.41, 5.74) is 5.71. The SMILES string of the molecule is CSc1cc(N)nc(SC/C=C/C(=O)N2CCCC2)n1. The van der Waals surface area contributed by atoms with Crippen molar-refractivity contribution in [2.75, 3.05) is 30.8 Å². The average Bonchev–Trinajstić information content (AvgIpc) is 2.97. The summed E-state index contributed by atoms with van der Waals surface area (Å²) in [7, 11) is 0. The van der Waals surface area contributed by atoms with Crippen LogP contribution in [0.15, 0.2) is 28.4 Å². The van der Waals surface area contributed by atoms with E-state index in [4.69, 9.17) is 5.73 Å². The zero-order valence-electron chi connectivity index (χ0n) is 11.4. The molecule has 108 valence electrons. The second-order valence-corrected chi connectivity index (χ2v) is 6.18. The molecule has 20 heavy (non-hydrogen) atoms. The average molecular weight is 310 g/mol. The third kappa shape index (κ3) is 4.42. The van der Waals surface area contributed by atoms with Gasteiger partial charge in [-0.15, -0.1) is 11.8 Å². The lowest BCUT2D eigenvalue weighted by Crippen LogP contribution is -2.25. The number of rotatable bonds is 5. The first-order chi connectivity index (χ1) is 9.69. The first kappa shape index (κ1) is 15.2. The second-order valence-electron chi connectivity index (χ2n) is 4.36. The maximum absolute atomic E-state index is 11.8. The number of hydrogen-bond acceptors (Lipinski definition) is 6. The van der Waals surface area contributed by atoms with Crippen LogP contribution in [0, 0.1) is 0 Å². The van der Waals surface area contributed by atoms with Crippen molar-refractivity contribution < 1.29 is 4.79 Å². The van der Waals surface area contributed by atoms with Gasteiger partial charge in [-0.3, -0.25) is 4.79 Å². The first-order valence-corrected chi connectivity index (χ1v) is 8.67. The molecule has 0 aromatic carbocycles. The molecule has 0 unspecified atom stereocenters. The number of carbonyl (C=O) groups excluding carboxylic acids is 1. The molecular formula is C13H18N4OS2. The number of thioether (sulfide) groups is 2. The van der Waals surface area contributed by atoms with Gasteiger partial charge in [-0.1, -0.05) is 17.8 Å². The van der Waals surface area contributed by atoms with Crippen molar-refractivity contribution in [2.45, 2.75) is 23.0 Å². The van der Waals surface area contributed by atoms with E-state index >= 15 is 0 Å². The van der Waals surface area contributed by atoms with E-state index in [-0.39, 0.29) is 5.91 Å². The molecule has 0 aliphatic carbocycles. The van der Waals surface area contributed by atoms with Gasteiger partial charge in [0, 0.05) is 24.9 Å². The Bertz CT molecular complexity index is 501. The van der Waals surface area contributed by atoms with E-state index in [2.05, 4.69) is 9.97 Å². The normalized spacial score (nSPS) is 15.2. The minimum Gasteiger partial charge on any atom is -0.384 e. The van der Waals surface area contributed by atoms with Crippen LogP contribution in [0.4, 0.5) is 5.82 Å². The molecule has 0 spiro atoms. The van der Waals surface area contributed by atoms with E-state index in [1.807, 2.05) is 17.2 Å². The number of amides is 1. The zero-order valence-corrected chi connectivity index (χ0v) is 13.0. The Morgan fingerprint density at radius 1 is 1.45 bits per heavy atom. The Hall–Kier alpha value is -1.21. The van der Waals surface area contributed by atoms with Crippen molar-refractivity contribution in [3.8, 4) is 0 Å². The van der Waals surface area contributed by atoms with Gasteiger partial charge in [-0.25, -0.2) is 9.97 Å². The highest BCUT2D eigenvalue weighted by molar-refractivity contribution is 7.99. The third-order valence-electron chi connectivity index (χ3n) is 2.90. The molecule has 0 atom stereocenters. The molecule has 5 nitrogen and oxygen atoms in total. The van der Waals surface area contributed by atoms with E-state index in [1.165, 1.54) is 23.5 Å². The number of nitrogens with zero attached hydrogens (tertiary/aromatic N) is 3. The Morgan fingerprint density at radius 3 is 2.90 bits per heavy atom. The summed E-state index contributed by atoms with van der Waals surface area (Å²) in [4.78, 5) is 22.2. The van der Waals surface area contributed by atoms with Gasteiger partial charge >= 0.3 is 0 Å². The Morgan fingerprint density at radius 2 is 2.20 bits per heavy atom. The quantitative estimate of drug-likeness (QED) is 0.388. The van der Waals surface area contributed by atoms with Crippen molar-refractivity contribution in [2.24, 2.45) is 0 Å². The summed E-state index contributed by atoms with van der Waals surface area (Å²) in [5, 5.41) is 1.50. The number of anilines is 1. The Balaban J connectivity index is 1.83. The van der Waals surface area contributed by atoms with Crippen LogP contribution >= 0.6 is 23.5 Å². The molecule has 0 bridgehead atoms. The molecule has 1 aromatic rings. The van der Waals surface area contributed by atoms with Crippen molar-refractivity contribution in [3.63, 3.8) is 0 Å². The number of nitrogen functional groups attached to an aromatic ring is 1. The van der Waals surface area contributed by atoms with Crippen molar-refractivity contribution in [1.29, 1.82) is 0 Å². The van der Waals surface area contributed by atoms with Gasteiger partial charge in [0.05, 0.1) is 0 Å². The van der Waals surface area contributed by atoms with E-state index in [9.17, 15) is 4.79 Å². The van der Waals surface area contributed by atoms with Crippen LogP contribution < -0.4 is 5.73 Å². The summed E-state index contributed by atoms with van der Waals surface area (Å²) in [6.07, 6.45) is 7.67. The van der Waals surface area contributed by atoms with Gasteiger partial charge in [0.15, 0.2) is 5.16 Å². The molecule has 0 saturated carbocycles. The van der Waals surface area contributed by atoms with Crippen LogP contribution in [0.3, 0.4) is 0 Å². The van der Waals surface area contributed by atoms with E-state index in [0.29, 0.717) is 16.7 Å². The number of aromatic nitrogens is 2. The lowest BCUT2D eigenvalue weighted by molar-refractivity contribution is -0.125. The van der Waals surface area contributed by atoms with Gasteiger partial charge in [0.1, 0.15) is 10.8 Å². The summed E-state index contributed by atoms with van der Waals surface area (Å²) in [5.74, 6) is 1.24. The van der Waals surface area contributed by atoms with E-state index < -0.39 is 0 Å². The molecule has 2 heterocycles. The molecule has 0 radical (unpaired) electrons. The fourth-order valence-corrected chi connectivity index (χ4v) is 3.05. The summed E-state index contributed by atoms with van der Waals surface area (Å²) < 4.78 is 0. The number of nitrogens with two attached hydrogens (primary N) is 1. The maximum atomic E-state index is 11.8. The van der Waals surface area contributed by atoms with Crippen LogP contribution in [0.1, 0.15) is 12.8 Å². The predicted octanol–water partition coefficient (Wildman–Crippen LogP) is 2.05. The van der Waals surface area contributed by atoms with Gasteiger partial charge in [-0.2, -0.15) is 0 Å². The van der Waals surface area contributed by atoms with Crippen LogP contribution in [0.2, 0.25) is 0 Å². The standard InChI is InChI=1S/C13H18N4OS2/c1-19-11-9-10(14)15-13(16-11)20-8-4-5-12(18)17-6-2-3-7-17/h4-5,9H,2-3,6-8H2,1H3,(H2,14,15,16)/b5-4+. The molecule has 2 rings (SSSR count). The Kier molecular flexibility index (Phi) is 5.72. The molecule has 1 aromatic heterocycles. The molecule has 1 saturated heterocycles. The predicted molar refractivity (Wildman–Crippen MR) is 83.9 cm³/mol. The topological polar surface area (TPSA) is 72.1 Å². The summed E-state index contributed by atoms with van der Waals surface area (Å²) in [6.45, 7) is 1.76. The monoisotopic (exact) mass is 310 g/mol. The number of likely N-dealkylation sites (tertiary alicyclic amines) is 1. The number of carbonyl (C=O) groups is 1. The highest BCUT2D eigenvalue weighted by Gasteiger charge is 2.14. The highest BCUT2D eigenvalue weighted by Crippen LogP contribution is 2.20. The van der Waals surface area contributed by atoms with Crippen LogP contribution in [0.5, 0.6) is 0 Å². The van der Waals surface area contributed by atoms with Crippen molar-refractivity contribution in [1.82, 2.24) is 14.9 Å². The van der Waals surface area contributed by atoms with Crippen LogP contribution in [-0.2, 0) is 4.79 Å². The highest BCUT2D eigenvalue weighted by atomic mass is 32.2. The van der Waals surface area contributed by atoms with E-state index in [0.717, 1.165) is 31.0 Å². The molecule has 2 N–H and O–H groups in total. The number of hydrogen-bond donors (Lipinski definition) is 1. The van der Waals surface area contributed by atoms with Gasteiger partial charge in [0.25, 0.3) is 0 Å². The molecule has 1 fully saturated rings. The van der Waals surface area contributed by atoms with Gasteiger partial charge in [0.2, 0.25) is 5.91 Å². The summed E-state index contributed by atoms with van der Waals surface area (Å²) >= 11 is 3.01. The molecule has 1 aliphatic heterocycles. The van der Waals surface area contributed by atoms with Gasteiger partial charge < -0.3 is 10.6 Å². The molecule has 7 heteroatoms. The smallest absolute Gasteiger partial charge is 0.246 e. The molecular weight excluding hydrogens is 292 g/mol. The lowest BCUT2D eigenvalue weighted by atomic mass is 10.4. The second kappa shape index (κ2) is 7.54. The molecule has 1 amide bonds.